The molecule has 3 aromatic rings. The topological polar surface area (TPSA) is 51.4 Å². The molecule has 0 aliphatic heterocycles. The van der Waals surface area contributed by atoms with Crippen molar-refractivity contribution in [2.24, 2.45) is 0 Å². The van der Waals surface area contributed by atoms with Gasteiger partial charge in [0.05, 0.1) is 5.69 Å². The van der Waals surface area contributed by atoms with Crippen molar-refractivity contribution in [3.05, 3.63) is 69.2 Å². The van der Waals surface area contributed by atoms with Crippen LogP contribution in [0.2, 0.25) is 0 Å². The molecular formula is C16H11IN2O2. The zero-order chi connectivity index (χ0) is 15.0. The van der Waals surface area contributed by atoms with Gasteiger partial charge in [0.1, 0.15) is 11.3 Å². The first-order valence-electron chi connectivity index (χ1n) is 6.36. The van der Waals surface area contributed by atoms with Crippen molar-refractivity contribution in [1.29, 1.82) is 0 Å². The molecule has 0 radical (unpaired) electrons. The molecule has 21 heavy (non-hydrogen) atoms. The summed E-state index contributed by atoms with van der Waals surface area (Å²) < 4.78 is 2.65. The predicted octanol–water partition coefficient (Wildman–Crippen LogP) is 3.31. The first-order chi connectivity index (χ1) is 10.1. The van der Waals surface area contributed by atoms with Gasteiger partial charge in [0.2, 0.25) is 5.78 Å². The summed E-state index contributed by atoms with van der Waals surface area (Å²) in [6.45, 7) is 1.74. The van der Waals surface area contributed by atoms with E-state index < -0.39 is 11.6 Å². The number of hydrogen-bond acceptors (Lipinski definition) is 3. The quantitative estimate of drug-likeness (QED) is 0.392. The number of rotatable bonds is 3. The Morgan fingerprint density at radius 1 is 1.05 bits per heavy atom. The van der Waals surface area contributed by atoms with E-state index in [0.717, 1.165) is 3.57 Å². The van der Waals surface area contributed by atoms with E-state index in [0.29, 0.717) is 22.6 Å². The summed E-state index contributed by atoms with van der Waals surface area (Å²) in [4.78, 5) is 29.2. The van der Waals surface area contributed by atoms with Crippen molar-refractivity contribution in [2.45, 2.75) is 6.92 Å². The number of carbonyl (C=O) groups is 2. The van der Waals surface area contributed by atoms with Crippen molar-refractivity contribution < 1.29 is 9.59 Å². The summed E-state index contributed by atoms with van der Waals surface area (Å²) in [5.41, 5.74) is 1.95. The van der Waals surface area contributed by atoms with E-state index in [-0.39, 0.29) is 0 Å². The zero-order valence-corrected chi connectivity index (χ0v) is 13.4. The number of aromatic nitrogens is 2. The molecule has 0 aliphatic carbocycles. The lowest BCUT2D eigenvalue weighted by molar-refractivity contribution is 0.0813. The number of halogens is 1. The summed E-state index contributed by atoms with van der Waals surface area (Å²) in [7, 11) is 0. The van der Waals surface area contributed by atoms with Gasteiger partial charge in [-0.05, 0) is 41.6 Å². The number of Topliss-reactive ketones (excluding diaryl/α,β-unsaturated/α-hetero) is 2. The molecule has 5 heteroatoms. The third-order valence-electron chi connectivity index (χ3n) is 3.21. The fraction of sp³-hybridized carbons (Fsp3) is 0.0625. The van der Waals surface area contributed by atoms with E-state index in [4.69, 9.17) is 0 Å². The van der Waals surface area contributed by atoms with Crippen LogP contribution in [0.1, 0.15) is 26.5 Å². The van der Waals surface area contributed by atoms with Gasteiger partial charge in [0.15, 0.2) is 0 Å². The van der Waals surface area contributed by atoms with Crippen LogP contribution in [0.15, 0.2) is 48.7 Å². The van der Waals surface area contributed by atoms with Crippen LogP contribution in [-0.4, -0.2) is 21.0 Å². The summed E-state index contributed by atoms with van der Waals surface area (Å²) in [6, 6.07) is 12.3. The fourth-order valence-electron chi connectivity index (χ4n) is 2.24. The molecule has 0 fully saturated rings. The lowest BCUT2D eigenvalue weighted by Gasteiger charge is -2.03. The molecule has 4 nitrogen and oxygen atoms in total. The van der Waals surface area contributed by atoms with Crippen molar-refractivity contribution in [1.82, 2.24) is 9.38 Å². The van der Waals surface area contributed by atoms with Crippen LogP contribution in [0.3, 0.4) is 0 Å². The van der Waals surface area contributed by atoms with Crippen LogP contribution in [0, 0.1) is 10.5 Å². The predicted molar refractivity (Wildman–Crippen MR) is 87.7 cm³/mol. The Balaban J connectivity index is 2.12. The second kappa shape index (κ2) is 5.40. The lowest BCUT2D eigenvalue weighted by Crippen LogP contribution is -2.17. The number of nitrogens with zero attached hydrogens (tertiary/aromatic N) is 2. The number of aryl methyl sites for hydroxylation is 1. The smallest absolute Gasteiger partial charge is 0.252 e. The summed E-state index contributed by atoms with van der Waals surface area (Å²) in [5, 5.41) is 0. The largest absolute Gasteiger partial charge is 0.295 e. The standard InChI is InChI=1S/C16H11IN2O2/c1-10-14(19-9-12(17)7-8-13(19)18-10)16(21)15(20)11-5-3-2-4-6-11/h2-9H,1H3. The van der Waals surface area contributed by atoms with E-state index in [1.165, 1.54) is 0 Å². The molecular weight excluding hydrogens is 379 g/mol. The number of fused-ring (bicyclic) bond motifs is 1. The highest BCUT2D eigenvalue weighted by Crippen LogP contribution is 2.17. The molecule has 3 rings (SSSR count). The van der Waals surface area contributed by atoms with E-state index in [9.17, 15) is 9.59 Å². The summed E-state index contributed by atoms with van der Waals surface area (Å²) in [6.07, 6.45) is 1.81. The Bertz CT molecular complexity index is 853. The number of carbonyl (C=O) groups excluding carboxylic acids is 2. The van der Waals surface area contributed by atoms with Gasteiger partial charge in [-0.3, -0.25) is 14.0 Å². The van der Waals surface area contributed by atoms with Gasteiger partial charge in [0, 0.05) is 15.3 Å². The second-order valence-electron chi connectivity index (χ2n) is 4.65. The van der Waals surface area contributed by atoms with E-state index in [1.807, 2.05) is 18.2 Å². The Labute approximate surface area is 135 Å². The highest BCUT2D eigenvalue weighted by molar-refractivity contribution is 14.1. The Kier molecular flexibility index (Phi) is 3.59. The van der Waals surface area contributed by atoms with Gasteiger partial charge in [-0.15, -0.1) is 0 Å². The van der Waals surface area contributed by atoms with Crippen molar-refractivity contribution in [3.63, 3.8) is 0 Å². The molecule has 2 aromatic heterocycles. The van der Waals surface area contributed by atoms with Crippen LogP contribution in [0.5, 0.6) is 0 Å². The first kappa shape index (κ1) is 13.9. The van der Waals surface area contributed by atoms with Gasteiger partial charge in [-0.25, -0.2) is 4.98 Å². The first-order valence-corrected chi connectivity index (χ1v) is 7.44. The number of hydrogen-bond donors (Lipinski definition) is 0. The number of imidazole rings is 1. The van der Waals surface area contributed by atoms with Crippen LogP contribution < -0.4 is 0 Å². The van der Waals surface area contributed by atoms with Gasteiger partial charge in [0.25, 0.3) is 5.78 Å². The van der Waals surface area contributed by atoms with Gasteiger partial charge < -0.3 is 0 Å². The molecule has 0 spiro atoms. The number of ketones is 2. The van der Waals surface area contributed by atoms with Gasteiger partial charge in [-0.2, -0.15) is 0 Å². The van der Waals surface area contributed by atoms with Crippen LogP contribution >= 0.6 is 22.6 Å². The highest BCUT2D eigenvalue weighted by atomic mass is 127. The van der Waals surface area contributed by atoms with Crippen LogP contribution in [0.25, 0.3) is 5.65 Å². The molecule has 0 saturated carbocycles. The summed E-state index contributed by atoms with van der Waals surface area (Å²) >= 11 is 2.16. The maximum Gasteiger partial charge on any atom is 0.252 e. The van der Waals surface area contributed by atoms with Gasteiger partial charge >= 0.3 is 0 Å². The molecule has 0 amide bonds. The molecule has 0 bridgehead atoms. The Morgan fingerprint density at radius 3 is 2.48 bits per heavy atom. The highest BCUT2D eigenvalue weighted by Gasteiger charge is 2.24. The number of benzene rings is 1. The average Bonchev–Trinajstić information content (AvgIpc) is 2.82. The molecule has 104 valence electrons. The molecule has 2 heterocycles. The average molecular weight is 390 g/mol. The monoisotopic (exact) mass is 390 g/mol. The van der Waals surface area contributed by atoms with E-state index >= 15 is 0 Å². The normalized spacial score (nSPS) is 10.8. The van der Waals surface area contributed by atoms with Crippen molar-refractivity contribution in [3.8, 4) is 0 Å². The maximum atomic E-state index is 12.5. The minimum absolute atomic E-state index is 0.331. The van der Waals surface area contributed by atoms with Crippen LogP contribution in [-0.2, 0) is 0 Å². The zero-order valence-electron chi connectivity index (χ0n) is 11.2. The van der Waals surface area contributed by atoms with Gasteiger partial charge in [-0.1, -0.05) is 30.3 Å². The molecule has 0 aliphatic rings. The van der Waals surface area contributed by atoms with Crippen molar-refractivity contribution >= 4 is 39.8 Å². The minimum atomic E-state index is -0.534. The van der Waals surface area contributed by atoms with Crippen molar-refractivity contribution in [2.75, 3.05) is 0 Å². The Hall–Kier alpha value is -2.02. The third-order valence-corrected chi connectivity index (χ3v) is 3.85. The fourth-order valence-corrected chi connectivity index (χ4v) is 2.70. The number of pyridine rings is 1. The van der Waals surface area contributed by atoms with E-state index in [1.54, 1.807) is 41.8 Å². The van der Waals surface area contributed by atoms with E-state index in [2.05, 4.69) is 27.6 Å². The van der Waals surface area contributed by atoms with Crippen LogP contribution in [0.4, 0.5) is 0 Å². The SMILES string of the molecule is Cc1nc2ccc(I)cn2c1C(=O)C(=O)c1ccccc1. The third kappa shape index (κ3) is 2.49. The molecule has 1 aromatic carbocycles. The molecule has 0 atom stereocenters. The molecule has 0 N–H and O–H groups in total. The molecule has 0 unspecified atom stereocenters. The minimum Gasteiger partial charge on any atom is -0.295 e. The second-order valence-corrected chi connectivity index (χ2v) is 5.89. The maximum absolute atomic E-state index is 12.5. The summed E-state index contributed by atoms with van der Waals surface area (Å²) in [5.74, 6) is -1.05. The Morgan fingerprint density at radius 2 is 1.76 bits per heavy atom. The lowest BCUT2D eigenvalue weighted by atomic mass is 10.0. The molecule has 0 saturated heterocycles.